The Balaban J connectivity index is 0.000000339. The van der Waals surface area contributed by atoms with Gasteiger partial charge in [-0.1, -0.05) is 12.1 Å². The Labute approximate surface area is 354 Å². The third-order valence-electron chi connectivity index (χ3n) is 8.06. The molecule has 3 N–H and O–H groups in total. The van der Waals surface area contributed by atoms with E-state index in [-0.39, 0.29) is 5.69 Å². The van der Waals surface area contributed by atoms with E-state index in [1.165, 1.54) is 14.2 Å². The molecule has 0 bridgehead atoms. The first-order valence-corrected chi connectivity index (χ1v) is 20.7. The number of aromatic nitrogens is 2. The fraction of sp³-hybridized carbons (Fsp3) is 0.700. The van der Waals surface area contributed by atoms with Crippen molar-refractivity contribution in [2.24, 2.45) is 0 Å². The molecule has 0 amide bonds. The summed E-state index contributed by atoms with van der Waals surface area (Å²) in [5.74, 6) is -0.583. The molecule has 2 aromatic heterocycles. The molecule has 336 valence electrons. The second-order valence-electron chi connectivity index (χ2n) is 12.6. The van der Waals surface area contributed by atoms with Crippen LogP contribution in [0.3, 0.4) is 0 Å². The minimum absolute atomic E-state index is 0.288. The van der Waals surface area contributed by atoms with Gasteiger partial charge >= 0.3 is 11.9 Å². The molecule has 2 aliphatic rings. The van der Waals surface area contributed by atoms with E-state index in [4.69, 9.17) is 54.2 Å². The van der Waals surface area contributed by atoms with E-state index < -0.39 is 11.9 Å². The molecule has 0 spiro atoms. The van der Waals surface area contributed by atoms with Crippen LogP contribution in [0.1, 0.15) is 32.4 Å². The van der Waals surface area contributed by atoms with E-state index in [2.05, 4.69) is 35.6 Å². The van der Waals surface area contributed by atoms with Gasteiger partial charge in [0.25, 0.3) is 0 Å². The number of nitrogens with zero attached hydrogens (tertiary/aromatic N) is 3. The van der Waals surface area contributed by atoms with Gasteiger partial charge in [0.1, 0.15) is 11.4 Å². The zero-order valence-electron chi connectivity index (χ0n) is 35.0. The maximum absolute atomic E-state index is 11.7. The number of rotatable bonds is 5. The van der Waals surface area contributed by atoms with Crippen molar-refractivity contribution in [1.82, 2.24) is 30.8 Å². The Bertz CT molecular complexity index is 1230. The van der Waals surface area contributed by atoms with Crippen molar-refractivity contribution in [2.45, 2.75) is 12.4 Å². The van der Waals surface area contributed by atoms with Gasteiger partial charge in [-0.2, -0.15) is 0 Å². The van der Waals surface area contributed by atoms with Gasteiger partial charge < -0.3 is 63.3 Å². The quantitative estimate of drug-likeness (QED) is 0.287. The number of carbonyl (C=O) groups excluding carboxylic acids is 2. The number of pyridine rings is 2. The highest BCUT2D eigenvalue weighted by Crippen LogP contribution is 2.06. The molecule has 0 aliphatic carbocycles. The number of carbonyl (C=O) groups is 2. The summed E-state index contributed by atoms with van der Waals surface area (Å²) in [6, 6.07) is 10.4. The first-order valence-electron chi connectivity index (χ1n) is 20.2. The number of nitrogens with one attached hydrogen (secondary N) is 3. The molecule has 0 atom stereocenters. The fourth-order valence-corrected chi connectivity index (χ4v) is 5.12. The average molecular weight is 859 g/mol. The van der Waals surface area contributed by atoms with Crippen LogP contribution in [-0.4, -0.2) is 199 Å². The molecule has 18 nitrogen and oxygen atoms in total. The molecule has 2 aromatic rings. The first kappa shape index (κ1) is 52.2. The number of esters is 2. The van der Waals surface area contributed by atoms with Crippen molar-refractivity contribution in [3.8, 4) is 0 Å². The van der Waals surface area contributed by atoms with Gasteiger partial charge in [-0.25, -0.2) is 19.6 Å². The predicted octanol–water partition coefficient (Wildman–Crippen LogP) is 1.19. The van der Waals surface area contributed by atoms with Crippen LogP contribution in [0.2, 0.25) is 0 Å². The summed E-state index contributed by atoms with van der Waals surface area (Å²) in [4.78, 5) is 33.2. The highest BCUT2D eigenvalue weighted by Gasteiger charge is 2.12. The molecule has 19 heteroatoms. The molecule has 0 aromatic carbocycles. The lowest BCUT2D eigenvalue weighted by Gasteiger charge is -2.22. The number of methoxy groups -OCH3 is 2. The molecule has 0 unspecified atom stereocenters. The minimum atomic E-state index is -0.443. The van der Waals surface area contributed by atoms with Crippen LogP contribution in [0.5, 0.6) is 0 Å². The molecule has 2 aliphatic heterocycles. The van der Waals surface area contributed by atoms with Crippen LogP contribution < -0.4 is 16.0 Å². The third-order valence-corrected chi connectivity index (χ3v) is 8.33. The van der Waals surface area contributed by atoms with Crippen LogP contribution in [0.4, 0.5) is 0 Å². The number of alkyl halides is 1. The molecule has 4 rings (SSSR count). The summed E-state index contributed by atoms with van der Waals surface area (Å²) in [5, 5.41) is 9.76. The van der Waals surface area contributed by atoms with E-state index in [1.54, 1.807) is 24.3 Å². The molecule has 0 saturated carbocycles. The van der Waals surface area contributed by atoms with Crippen LogP contribution in [-0.2, 0) is 59.8 Å². The number of hydrogen-bond donors (Lipinski definition) is 3. The standard InChI is InChI=1S/C20H33N3O6.C12H26N2O4.C8H8ClNO2/c1-25-20(24)19-4-2-3-18(22-19)17-23-7-11-28-15-13-26-9-5-21-6-10-27-14-16-29-12-8-23;1-5-15-9-10-17-7-3-14-4-8-18-12-11-16-6-2-13-1;1-12-8(11)7-4-2-3-6(5-9)10-7/h2-4,21H,5-17H2,1H3;13-14H,1-12H2;2-4H,5H2,1H3. The van der Waals surface area contributed by atoms with Crippen molar-refractivity contribution in [1.29, 1.82) is 0 Å². The van der Waals surface area contributed by atoms with Crippen LogP contribution in [0.15, 0.2) is 36.4 Å². The minimum Gasteiger partial charge on any atom is -0.464 e. The molecular formula is C40H67ClN6O12. The summed E-state index contributed by atoms with van der Waals surface area (Å²) >= 11 is 5.53. The predicted molar refractivity (Wildman–Crippen MR) is 221 cm³/mol. The Morgan fingerprint density at radius 3 is 1.19 bits per heavy atom. The number of ether oxygens (including phenoxy) is 10. The third kappa shape index (κ3) is 29.0. The van der Waals surface area contributed by atoms with E-state index >= 15 is 0 Å². The molecular weight excluding hydrogens is 792 g/mol. The van der Waals surface area contributed by atoms with Gasteiger partial charge in [-0.15, -0.1) is 11.6 Å². The highest BCUT2D eigenvalue weighted by molar-refractivity contribution is 6.16. The Morgan fingerprint density at radius 1 is 0.525 bits per heavy atom. The van der Waals surface area contributed by atoms with Crippen LogP contribution in [0.25, 0.3) is 0 Å². The largest absolute Gasteiger partial charge is 0.464 e. The second kappa shape index (κ2) is 38.0. The molecule has 2 fully saturated rings. The summed E-state index contributed by atoms with van der Waals surface area (Å²) in [7, 11) is 2.67. The first-order chi connectivity index (χ1) is 29.1. The van der Waals surface area contributed by atoms with Gasteiger partial charge in [0.2, 0.25) is 0 Å². The molecule has 0 radical (unpaired) electrons. The van der Waals surface area contributed by atoms with Gasteiger partial charge in [-0.05, 0) is 24.3 Å². The van der Waals surface area contributed by atoms with E-state index in [0.717, 1.165) is 58.1 Å². The van der Waals surface area contributed by atoms with Crippen LogP contribution in [0, 0.1) is 0 Å². The molecule has 59 heavy (non-hydrogen) atoms. The Hall–Kier alpha value is -2.95. The topological polar surface area (TPSA) is 192 Å². The lowest BCUT2D eigenvalue weighted by Crippen LogP contribution is -2.32. The zero-order chi connectivity index (χ0) is 42.3. The second-order valence-corrected chi connectivity index (χ2v) is 12.8. The van der Waals surface area contributed by atoms with Gasteiger partial charge in [0.05, 0.1) is 137 Å². The number of halogens is 1. The Kier molecular flexibility index (Phi) is 33.6. The van der Waals surface area contributed by atoms with Crippen molar-refractivity contribution >= 4 is 23.5 Å². The van der Waals surface area contributed by atoms with Crippen molar-refractivity contribution in [2.75, 3.05) is 172 Å². The number of hydrogen-bond acceptors (Lipinski definition) is 18. The zero-order valence-corrected chi connectivity index (χ0v) is 35.7. The van der Waals surface area contributed by atoms with E-state index in [0.29, 0.717) is 130 Å². The summed E-state index contributed by atoms with van der Waals surface area (Å²) in [6.07, 6.45) is 0. The van der Waals surface area contributed by atoms with E-state index in [9.17, 15) is 9.59 Å². The lowest BCUT2D eigenvalue weighted by atomic mass is 10.3. The van der Waals surface area contributed by atoms with Crippen molar-refractivity contribution in [3.05, 3.63) is 59.2 Å². The monoisotopic (exact) mass is 858 g/mol. The molecule has 2 saturated heterocycles. The van der Waals surface area contributed by atoms with Gasteiger partial charge in [0.15, 0.2) is 0 Å². The average Bonchev–Trinajstić information content (AvgIpc) is 3.27. The summed E-state index contributed by atoms with van der Waals surface area (Å²) in [6.45, 7) is 17.2. The van der Waals surface area contributed by atoms with Crippen molar-refractivity contribution in [3.63, 3.8) is 0 Å². The SMILES string of the molecule is C1COCCOCCNCCOCCOCCN1.COC(=O)c1cccc(CCl)n1.COC(=O)c1cccc(CN2CCOCCOCCNCCOCCOCC2)n1. The summed E-state index contributed by atoms with van der Waals surface area (Å²) < 4.78 is 53.3. The lowest BCUT2D eigenvalue weighted by molar-refractivity contribution is 0.0192. The Morgan fingerprint density at radius 2 is 0.847 bits per heavy atom. The molecule has 4 heterocycles. The van der Waals surface area contributed by atoms with Gasteiger partial charge in [0, 0.05) is 58.9 Å². The maximum Gasteiger partial charge on any atom is 0.356 e. The highest BCUT2D eigenvalue weighted by atomic mass is 35.5. The fourth-order valence-electron chi connectivity index (χ4n) is 4.97. The van der Waals surface area contributed by atoms with E-state index in [1.807, 2.05) is 12.1 Å². The smallest absolute Gasteiger partial charge is 0.356 e. The maximum atomic E-state index is 11.7. The van der Waals surface area contributed by atoms with Crippen molar-refractivity contribution < 1.29 is 57.0 Å². The van der Waals surface area contributed by atoms with Gasteiger partial charge in [-0.3, -0.25) is 4.90 Å². The normalized spacial score (nSPS) is 19.0. The van der Waals surface area contributed by atoms with Crippen LogP contribution >= 0.6 is 11.6 Å². The summed E-state index contributed by atoms with van der Waals surface area (Å²) in [5.41, 5.74) is 2.06.